The third kappa shape index (κ3) is 3.71. The number of carbonyl (C=O) groups excluding carboxylic acids is 1. The quantitative estimate of drug-likeness (QED) is 0.871. The minimum Gasteiger partial charge on any atom is -0.454 e. The highest BCUT2D eigenvalue weighted by atomic mass is 32.2. The summed E-state index contributed by atoms with van der Waals surface area (Å²) in [4.78, 5) is 14.4. The van der Waals surface area contributed by atoms with Gasteiger partial charge in [-0.3, -0.25) is 9.52 Å². The molecule has 0 radical (unpaired) electrons. The monoisotopic (exact) mass is 388 g/mol. The molecule has 0 spiro atoms. The van der Waals surface area contributed by atoms with Crippen LogP contribution in [0.3, 0.4) is 0 Å². The van der Waals surface area contributed by atoms with Gasteiger partial charge in [0.2, 0.25) is 6.79 Å². The van der Waals surface area contributed by atoms with Gasteiger partial charge in [-0.25, -0.2) is 8.42 Å². The van der Waals surface area contributed by atoms with Crippen molar-refractivity contribution in [2.75, 3.05) is 24.6 Å². The minimum atomic E-state index is -3.77. The number of fused-ring (bicyclic) bond motifs is 1. The fraction of sp³-hybridized carbons (Fsp3) is 0.316. The second kappa shape index (κ2) is 7.11. The summed E-state index contributed by atoms with van der Waals surface area (Å²) in [7, 11) is -3.77. The SMILES string of the molecule is O=C(c1ccc(S(=O)(=O)Nc2ccc3c(c2)OCO3)cc1)N1CCCCC1. The minimum absolute atomic E-state index is 0.0534. The van der Waals surface area contributed by atoms with Crippen molar-refractivity contribution < 1.29 is 22.7 Å². The van der Waals surface area contributed by atoms with Crippen LogP contribution in [0.15, 0.2) is 47.4 Å². The highest BCUT2D eigenvalue weighted by Crippen LogP contribution is 2.34. The van der Waals surface area contributed by atoms with Crippen molar-refractivity contribution in [2.45, 2.75) is 24.2 Å². The molecule has 0 unspecified atom stereocenters. The fourth-order valence-corrected chi connectivity index (χ4v) is 4.28. The van der Waals surface area contributed by atoms with Gasteiger partial charge >= 0.3 is 0 Å². The number of hydrogen-bond acceptors (Lipinski definition) is 5. The number of carbonyl (C=O) groups is 1. The normalized spacial score (nSPS) is 16.2. The molecule has 7 nitrogen and oxygen atoms in total. The van der Waals surface area contributed by atoms with Crippen LogP contribution >= 0.6 is 0 Å². The van der Waals surface area contributed by atoms with Gasteiger partial charge in [0.15, 0.2) is 11.5 Å². The topological polar surface area (TPSA) is 84.9 Å². The number of rotatable bonds is 4. The van der Waals surface area contributed by atoms with Gasteiger partial charge in [0, 0.05) is 24.7 Å². The summed E-state index contributed by atoms with van der Waals surface area (Å²) < 4.78 is 38.2. The zero-order valence-corrected chi connectivity index (χ0v) is 15.5. The number of sulfonamides is 1. The van der Waals surface area contributed by atoms with E-state index in [1.54, 1.807) is 30.3 Å². The molecule has 4 rings (SSSR count). The smallest absolute Gasteiger partial charge is 0.261 e. The largest absolute Gasteiger partial charge is 0.454 e. The molecule has 0 bridgehead atoms. The maximum atomic E-state index is 12.6. The average molecular weight is 388 g/mol. The number of nitrogens with one attached hydrogen (secondary N) is 1. The van der Waals surface area contributed by atoms with Crippen molar-refractivity contribution in [1.82, 2.24) is 4.90 Å². The second-order valence-corrected chi connectivity index (χ2v) is 8.23. The van der Waals surface area contributed by atoms with Crippen LogP contribution in [0.2, 0.25) is 0 Å². The molecule has 1 N–H and O–H groups in total. The Kier molecular flexibility index (Phi) is 4.65. The lowest BCUT2D eigenvalue weighted by Crippen LogP contribution is -2.35. The summed E-state index contributed by atoms with van der Waals surface area (Å²) in [6.45, 7) is 1.63. The average Bonchev–Trinajstić information content (AvgIpc) is 3.16. The molecule has 2 aliphatic rings. The molecular formula is C19H20N2O5S. The number of piperidine rings is 1. The van der Waals surface area contributed by atoms with E-state index >= 15 is 0 Å². The van der Waals surface area contributed by atoms with Gasteiger partial charge in [0.1, 0.15) is 0 Å². The lowest BCUT2D eigenvalue weighted by atomic mass is 10.1. The van der Waals surface area contributed by atoms with Crippen LogP contribution in [-0.4, -0.2) is 39.1 Å². The number of likely N-dealkylation sites (tertiary alicyclic amines) is 1. The zero-order valence-electron chi connectivity index (χ0n) is 14.7. The van der Waals surface area contributed by atoms with Gasteiger partial charge in [-0.2, -0.15) is 0 Å². The fourth-order valence-electron chi connectivity index (χ4n) is 3.23. The van der Waals surface area contributed by atoms with E-state index in [4.69, 9.17) is 9.47 Å². The summed E-state index contributed by atoms with van der Waals surface area (Å²) in [5.74, 6) is 1.03. The number of benzene rings is 2. The Morgan fingerprint density at radius 3 is 2.37 bits per heavy atom. The molecule has 0 aromatic heterocycles. The summed E-state index contributed by atoms with van der Waals surface area (Å²) in [5, 5.41) is 0. The lowest BCUT2D eigenvalue weighted by Gasteiger charge is -2.26. The Hall–Kier alpha value is -2.74. The maximum absolute atomic E-state index is 12.6. The highest BCUT2D eigenvalue weighted by Gasteiger charge is 2.21. The van der Waals surface area contributed by atoms with E-state index in [1.807, 2.05) is 4.90 Å². The van der Waals surface area contributed by atoms with E-state index in [0.717, 1.165) is 32.4 Å². The number of ether oxygens (including phenoxy) is 2. The van der Waals surface area contributed by atoms with Gasteiger partial charge in [0.05, 0.1) is 10.6 Å². The van der Waals surface area contributed by atoms with Crippen LogP contribution in [0, 0.1) is 0 Å². The van der Waals surface area contributed by atoms with E-state index in [1.165, 1.54) is 12.1 Å². The summed E-state index contributed by atoms with van der Waals surface area (Å²) in [6, 6.07) is 10.9. The standard InChI is InChI=1S/C19H20N2O5S/c22-19(21-10-2-1-3-11-21)14-4-7-16(8-5-14)27(23,24)20-15-6-9-17-18(12-15)26-13-25-17/h4-9,12,20H,1-3,10-11,13H2. The lowest BCUT2D eigenvalue weighted by molar-refractivity contribution is 0.0724. The van der Waals surface area contributed by atoms with Crippen LogP contribution in [0.25, 0.3) is 0 Å². The molecule has 2 aromatic rings. The van der Waals surface area contributed by atoms with E-state index in [2.05, 4.69) is 4.72 Å². The van der Waals surface area contributed by atoms with Crippen LogP contribution < -0.4 is 14.2 Å². The number of anilines is 1. The molecule has 1 amide bonds. The molecule has 0 atom stereocenters. The van der Waals surface area contributed by atoms with Crippen molar-refractivity contribution in [3.8, 4) is 11.5 Å². The van der Waals surface area contributed by atoms with Crippen LogP contribution in [0.5, 0.6) is 11.5 Å². The Morgan fingerprint density at radius 2 is 1.63 bits per heavy atom. The molecule has 2 aromatic carbocycles. The molecule has 2 heterocycles. The molecule has 0 aliphatic carbocycles. The number of hydrogen-bond donors (Lipinski definition) is 1. The third-order valence-electron chi connectivity index (χ3n) is 4.68. The van der Waals surface area contributed by atoms with E-state index in [9.17, 15) is 13.2 Å². The van der Waals surface area contributed by atoms with Gasteiger partial charge in [-0.05, 0) is 55.7 Å². The second-order valence-electron chi connectivity index (χ2n) is 6.55. The third-order valence-corrected chi connectivity index (χ3v) is 6.08. The number of nitrogens with zero attached hydrogens (tertiary/aromatic N) is 1. The van der Waals surface area contributed by atoms with Crippen molar-refractivity contribution in [3.63, 3.8) is 0 Å². The van der Waals surface area contributed by atoms with Crippen molar-refractivity contribution in [3.05, 3.63) is 48.0 Å². The summed E-state index contributed by atoms with van der Waals surface area (Å²) in [6.07, 6.45) is 3.17. The molecule has 1 saturated heterocycles. The van der Waals surface area contributed by atoms with Crippen molar-refractivity contribution in [2.24, 2.45) is 0 Å². The Morgan fingerprint density at radius 1 is 0.926 bits per heavy atom. The van der Waals surface area contributed by atoms with Gasteiger partial charge in [-0.15, -0.1) is 0 Å². The van der Waals surface area contributed by atoms with Gasteiger partial charge in [-0.1, -0.05) is 0 Å². The highest BCUT2D eigenvalue weighted by molar-refractivity contribution is 7.92. The maximum Gasteiger partial charge on any atom is 0.261 e. The predicted octanol–water partition coefficient (Wildman–Crippen LogP) is 2.84. The van der Waals surface area contributed by atoms with E-state index < -0.39 is 10.0 Å². The Labute approximate surface area is 157 Å². The first-order chi connectivity index (χ1) is 13.0. The molecule has 27 heavy (non-hydrogen) atoms. The van der Waals surface area contributed by atoms with Crippen LogP contribution in [0.1, 0.15) is 29.6 Å². The molecule has 0 saturated carbocycles. The molecule has 142 valence electrons. The van der Waals surface area contributed by atoms with Crippen molar-refractivity contribution in [1.29, 1.82) is 0 Å². The number of amides is 1. The zero-order chi connectivity index (χ0) is 18.9. The first-order valence-electron chi connectivity index (χ1n) is 8.85. The van der Waals surface area contributed by atoms with Gasteiger partial charge < -0.3 is 14.4 Å². The molecule has 1 fully saturated rings. The molecule has 8 heteroatoms. The first kappa shape index (κ1) is 17.7. The van der Waals surface area contributed by atoms with Crippen LogP contribution in [-0.2, 0) is 10.0 Å². The summed E-state index contributed by atoms with van der Waals surface area (Å²) >= 11 is 0. The Bertz CT molecular complexity index is 951. The molecular weight excluding hydrogens is 368 g/mol. The predicted molar refractivity (Wildman–Crippen MR) is 99.6 cm³/mol. The van der Waals surface area contributed by atoms with E-state index in [0.29, 0.717) is 22.7 Å². The van der Waals surface area contributed by atoms with Crippen molar-refractivity contribution >= 4 is 21.6 Å². The van der Waals surface area contributed by atoms with Gasteiger partial charge in [0.25, 0.3) is 15.9 Å². The first-order valence-corrected chi connectivity index (χ1v) is 10.3. The van der Waals surface area contributed by atoms with E-state index in [-0.39, 0.29) is 17.6 Å². The van der Waals surface area contributed by atoms with Crippen LogP contribution in [0.4, 0.5) is 5.69 Å². The molecule has 2 aliphatic heterocycles. The summed E-state index contributed by atoms with van der Waals surface area (Å²) in [5.41, 5.74) is 0.881. The Balaban J connectivity index is 1.49.